The van der Waals surface area contributed by atoms with Crippen LogP contribution in [0.2, 0.25) is 0 Å². The fourth-order valence-electron chi connectivity index (χ4n) is 1.21. The largest absolute Gasteiger partial charge is 0.469 e. The van der Waals surface area contributed by atoms with Gasteiger partial charge in [-0.25, -0.2) is 4.57 Å². The van der Waals surface area contributed by atoms with Crippen molar-refractivity contribution < 1.29 is 43.0 Å². The number of esters is 2. The van der Waals surface area contributed by atoms with Crippen molar-refractivity contribution in [3.05, 3.63) is 0 Å². The van der Waals surface area contributed by atoms with Crippen molar-refractivity contribution >= 4 is 19.8 Å². The van der Waals surface area contributed by atoms with Gasteiger partial charge in [0.1, 0.15) is 6.61 Å². The van der Waals surface area contributed by atoms with Crippen molar-refractivity contribution in [3.63, 3.8) is 0 Å². The highest BCUT2D eigenvalue weighted by Crippen LogP contribution is 2.35. The summed E-state index contributed by atoms with van der Waals surface area (Å²) >= 11 is 0. The Bertz CT molecular complexity index is 384. The summed E-state index contributed by atoms with van der Waals surface area (Å²) in [7, 11) is -4.67. The highest BCUT2D eigenvalue weighted by atomic mass is 31.2. The zero-order chi connectivity index (χ0) is 19.0. The first-order chi connectivity index (χ1) is 11.2. The molecule has 0 bridgehead atoms. The SMILES string of the molecule is CCCC(=O)OCC(COP(=O)(O)O)OC(=O)CCC.NCCO. The van der Waals surface area contributed by atoms with Crippen LogP contribution in [0.15, 0.2) is 0 Å². The number of aliphatic hydroxyl groups excluding tert-OH is 1. The minimum Gasteiger partial charge on any atom is -0.462 e. The van der Waals surface area contributed by atoms with Gasteiger partial charge in [-0.3, -0.25) is 14.1 Å². The fraction of sp³-hybridized carbons (Fsp3) is 0.846. The quantitative estimate of drug-likeness (QED) is 0.288. The van der Waals surface area contributed by atoms with Crippen LogP contribution >= 0.6 is 7.82 Å². The Hall–Kier alpha value is -1.03. The lowest BCUT2D eigenvalue weighted by Gasteiger charge is -2.18. The standard InChI is InChI=1S/C11H21O8P.C2H7NO/c1-3-5-10(12)17-7-9(8-18-20(14,15)16)19-11(13)6-4-2;3-1-2-4/h9H,3-8H2,1-2H3,(H2,14,15,16);4H,1-3H2. The van der Waals surface area contributed by atoms with Gasteiger partial charge in [0.15, 0.2) is 6.10 Å². The molecule has 144 valence electrons. The Balaban J connectivity index is 0. The summed E-state index contributed by atoms with van der Waals surface area (Å²) in [6.45, 7) is 3.22. The predicted octanol–water partition coefficient (Wildman–Crippen LogP) is 0.0883. The molecule has 0 amide bonds. The van der Waals surface area contributed by atoms with E-state index in [9.17, 15) is 14.2 Å². The number of phosphoric acid groups is 1. The maximum Gasteiger partial charge on any atom is 0.469 e. The molecule has 0 spiro atoms. The third-order valence-corrected chi connectivity index (χ3v) is 2.68. The summed E-state index contributed by atoms with van der Waals surface area (Å²) in [5.74, 6) is -1.02. The maximum atomic E-state index is 11.3. The van der Waals surface area contributed by atoms with Crippen LogP contribution in [0.3, 0.4) is 0 Å². The molecular formula is C13H28NO9P. The van der Waals surface area contributed by atoms with Crippen molar-refractivity contribution in [2.24, 2.45) is 5.73 Å². The van der Waals surface area contributed by atoms with Crippen LogP contribution in [0, 0.1) is 0 Å². The zero-order valence-corrected chi connectivity index (χ0v) is 14.9. The van der Waals surface area contributed by atoms with Crippen molar-refractivity contribution in [1.82, 2.24) is 0 Å². The number of hydrogen-bond acceptors (Lipinski definition) is 8. The first kappa shape index (κ1) is 25.2. The predicted molar refractivity (Wildman–Crippen MR) is 84.8 cm³/mol. The number of aliphatic hydroxyl groups is 1. The summed E-state index contributed by atoms with van der Waals surface area (Å²) in [6.07, 6.45) is 0.519. The molecule has 0 radical (unpaired) electrons. The fourth-order valence-corrected chi connectivity index (χ4v) is 1.57. The highest BCUT2D eigenvalue weighted by molar-refractivity contribution is 7.46. The molecule has 0 aliphatic carbocycles. The third kappa shape index (κ3) is 19.0. The molecule has 24 heavy (non-hydrogen) atoms. The topological polar surface area (TPSA) is 166 Å². The third-order valence-electron chi connectivity index (χ3n) is 2.19. The molecule has 1 unspecified atom stereocenters. The molecule has 0 fully saturated rings. The first-order valence-electron chi connectivity index (χ1n) is 7.56. The number of hydrogen-bond donors (Lipinski definition) is 4. The monoisotopic (exact) mass is 373 g/mol. The second-order valence-corrected chi connectivity index (χ2v) is 5.83. The normalized spacial score (nSPS) is 11.9. The lowest BCUT2D eigenvalue weighted by atomic mass is 10.3. The Labute approximate surface area is 141 Å². The van der Waals surface area contributed by atoms with Gasteiger partial charge in [-0.2, -0.15) is 0 Å². The Morgan fingerprint density at radius 1 is 1.08 bits per heavy atom. The van der Waals surface area contributed by atoms with Gasteiger partial charge in [0.2, 0.25) is 0 Å². The van der Waals surface area contributed by atoms with Crippen LogP contribution in [-0.2, 0) is 28.2 Å². The minimum atomic E-state index is -4.67. The van der Waals surface area contributed by atoms with E-state index in [2.05, 4.69) is 4.52 Å². The van der Waals surface area contributed by atoms with E-state index in [0.717, 1.165) is 0 Å². The first-order valence-corrected chi connectivity index (χ1v) is 9.09. The molecule has 0 rings (SSSR count). The van der Waals surface area contributed by atoms with Crippen LogP contribution in [-0.4, -0.2) is 59.3 Å². The summed E-state index contributed by atoms with van der Waals surface area (Å²) in [6, 6.07) is 0. The maximum absolute atomic E-state index is 11.3. The Kier molecular flexibility index (Phi) is 16.3. The second kappa shape index (κ2) is 15.5. The van der Waals surface area contributed by atoms with Crippen molar-refractivity contribution in [1.29, 1.82) is 0 Å². The molecule has 0 saturated heterocycles. The summed E-state index contributed by atoms with van der Waals surface area (Å²) in [5, 5.41) is 7.75. The zero-order valence-electron chi connectivity index (χ0n) is 14.0. The minimum absolute atomic E-state index is 0.0972. The van der Waals surface area contributed by atoms with Crippen LogP contribution in [0.5, 0.6) is 0 Å². The molecule has 0 aromatic rings. The molecule has 0 aromatic carbocycles. The second-order valence-electron chi connectivity index (χ2n) is 4.59. The van der Waals surface area contributed by atoms with Gasteiger partial charge in [0.05, 0.1) is 13.2 Å². The molecule has 0 aliphatic heterocycles. The Morgan fingerprint density at radius 3 is 2.00 bits per heavy atom. The number of carbonyl (C=O) groups excluding carboxylic acids is 2. The van der Waals surface area contributed by atoms with E-state index in [1.165, 1.54) is 0 Å². The number of rotatable bonds is 11. The molecule has 0 heterocycles. The Morgan fingerprint density at radius 2 is 1.58 bits per heavy atom. The van der Waals surface area contributed by atoms with Crippen LogP contribution in [0.1, 0.15) is 39.5 Å². The van der Waals surface area contributed by atoms with Gasteiger partial charge in [-0.05, 0) is 12.8 Å². The molecule has 1 atom stereocenters. The number of carbonyl (C=O) groups is 2. The molecule has 5 N–H and O–H groups in total. The lowest BCUT2D eigenvalue weighted by molar-refractivity contribution is -0.161. The van der Waals surface area contributed by atoms with Gasteiger partial charge in [0.25, 0.3) is 0 Å². The van der Waals surface area contributed by atoms with Crippen LogP contribution in [0.4, 0.5) is 0 Å². The summed E-state index contributed by atoms with van der Waals surface area (Å²) in [5.41, 5.74) is 4.78. The lowest BCUT2D eigenvalue weighted by Crippen LogP contribution is -2.29. The van der Waals surface area contributed by atoms with Crippen molar-refractivity contribution in [3.8, 4) is 0 Å². The summed E-state index contributed by atoms with van der Waals surface area (Å²) < 4.78 is 24.6. The molecule has 0 aliphatic rings. The van der Waals surface area contributed by atoms with E-state index in [-0.39, 0.29) is 26.1 Å². The van der Waals surface area contributed by atoms with Gasteiger partial charge >= 0.3 is 19.8 Å². The number of nitrogens with two attached hydrogens (primary N) is 1. The van der Waals surface area contributed by atoms with Gasteiger partial charge in [-0.1, -0.05) is 13.8 Å². The molecule has 11 heteroatoms. The van der Waals surface area contributed by atoms with Crippen LogP contribution < -0.4 is 5.73 Å². The highest BCUT2D eigenvalue weighted by Gasteiger charge is 2.22. The van der Waals surface area contributed by atoms with Gasteiger partial charge in [0, 0.05) is 19.4 Å². The van der Waals surface area contributed by atoms with E-state index in [4.69, 9.17) is 30.1 Å². The van der Waals surface area contributed by atoms with E-state index < -0.39 is 32.5 Å². The molecule has 0 saturated carbocycles. The van der Waals surface area contributed by atoms with Crippen LogP contribution in [0.25, 0.3) is 0 Å². The van der Waals surface area contributed by atoms with E-state index in [1.54, 1.807) is 13.8 Å². The average Bonchev–Trinajstić information content (AvgIpc) is 2.50. The van der Waals surface area contributed by atoms with Crippen molar-refractivity contribution in [2.45, 2.75) is 45.6 Å². The molecular weight excluding hydrogens is 345 g/mol. The number of phosphoric ester groups is 1. The smallest absolute Gasteiger partial charge is 0.462 e. The number of ether oxygens (including phenoxy) is 2. The van der Waals surface area contributed by atoms with Gasteiger partial charge in [-0.15, -0.1) is 0 Å². The molecule has 0 aromatic heterocycles. The summed E-state index contributed by atoms with van der Waals surface area (Å²) in [4.78, 5) is 39.8. The van der Waals surface area contributed by atoms with E-state index in [1.807, 2.05) is 0 Å². The van der Waals surface area contributed by atoms with Crippen molar-refractivity contribution in [2.75, 3.05) is 26.4 Å². The van der Waals surface area contributed by atoms with E-state index >= 15 is 0 Å². The molecule has 10 nitrogen and oxygen atoms in total. The van der Waals surface area contributed by atoms with Gasteiger partial charge < -0.3 is 30.1 Å². The van der Waals surface area contributed by atoms with E-state index in [0.29, 0.717) is 19.4 Å². The average molecular weight is 373 g/mol.